The Labute approximate surface area is 156 Å². The highest BCUT2D eigenvalue weighted by Crippen LogP contribution is 2.29. The molecule has 2 aromatic rings. The van der Waals surface area contributed by atoms with E-state index >= 15 is 0 Å². The Morgan fingerprint density at radius 3 is 2.67 bits per heavy atom. The van der Waals surface area contributed by atoms with Crippen molar-refractivity contribution in [3.05, 3.63) is 63.1 Å². The van der Waals surface area contributed by atoms with Gasteiger partial charge in [-0.15, -0.1) is 12.4 Å². The van der Waals surface area contributed by atoms with E-state index in [4.69, 9.17) is 28.3 Å². The number of amidine groups is 1. The molecule has 0 amide bonds. The summed E-state index contributed by atoms with van der Waals surface area (Å²) in [6, 6.07) is 10.4. The van der Waals surface area contributed by atoms with Crippen LogP contribution in [-0.2, 0) is 13.1 Å². The largest absolute Gasteiger partial charge is 0.478 e. The predicted octanol–water partition coefficient (Wildman–Crippen LogP) is 5.18. The van der Waals surface area contributed by atoms with E-state index in [1.54, 1.807) is 30.3 Å². The number of nitrogens with zero attached hydrogens (tertiary/aromatic N) is 2. The fourth-order valence-corrected chi connectivity index (χ4v) is 3.01. The number of halogens is 3. The first-order valence-electron chi connectivity index (χ1n) is 7.04. The standard InChI is InChI=1S/C17H14Cl2N2O2.ClH/c1-10-20-16-5-3-11(17(22)23)6-13(16)9-21(10)8-12-2-4-14(18)7-15(12)19;/h2-7H,8-9H2,1H3,(H,22,23);1H. The van der Waals surface area contributed by atoms with Crippen LogP contribution in [0.3, 0.4) is 0 Å². The second kappa shape index (κ2) is 7.43. The highest BCUT2D eigenvalue weighted by atomic mass is 35.5. The van der Waals surface area contributed by atoms with Crippen molar-refractivity contribution in [2.75, 3.05) is 0 Å². The molecule has 0 fully saturated rings. The van der Waals surface area contributed by atoms with Gasteiger partial charge in [0.1, 0.15) is 5.84 Å². The summed E-state index contributed by atoms with van der Waals surface area (Å²) in [5, 5.41) is 10.3. The van der Waals surface area contributed by atoms with E-state index in [-0.39, 0.29) is 18.0 Å². The second-order valence-corrected chi connectivity index (χ2v) is 6.24. The van der Waals surface area contributed by atoms with Gasteiger partial charge in [0.05, 0.1) is 11.3 Å². The number of fused-ring (bicyclic) bond motifs is 1. The van der Waals surface area contributed by atoms with Crippen LogP contribution in [0.4, 0.5) is 5.69 Å². The fourth-order valence-electron chi connectivity index (χ4n) is 2.55. The summed E-state index contributed by atoms with van der Waals surface area (Å²) in [5.41, 5.74) is 2.91. The van der Waals surface area contributed by atoms with Crippen molar-refractivity contribution in [2.24, 2.45) is 4.99 Å². The van der Waals surface area contributed by atoms with Crippen LogP contribution in [0.15, 0.2) is 41.4 Å². The number of aliphatic imine (C=N–C) groups is 1. The zero-order chi connectivity index (χ0) is 16.6. The van der Waals surface area contributed by atoms with Crippen LogP contribution in [0.5, 0.6) is 0 Å². The molecule has 0 unspecified atom stereocenters. The fraction of sp³-hybridized carbons (Fsp3) is 0.176. The lowest BCUT2D eigenvalue weighted by Gasteiger charge is -2.29. The maximum absolute atomic E-state index is 11.1. The highest BCUT2D eigenvalue weighted by Gasteiger charge is 2.19. The van der Waals surface area contributed by atoms with E-state index in [0.717, 1.165) is 22.6 Å². The molecule has 24 heavy (non-hydrogen) atoms. The topological polar surface area (TPSA) is 52.9 Å². The van der Waals surface area contributed by atoms with Crippen molar-refractivity contribution >= 4 is 53.1 Å². The van der Waals surface area contributed by atoms with Crippen molar-refractivity contribution < 1.29 is 9.90 Å². The summed E-state index contributed by atoms with van der Waals surface area (Å²) in [4.78, 5) is 17.7. The van der Waals surface area contributed by atoms with Crippen LogP contribution >= 0.6 is 35.6 Å². The molecule has 4 nitrogen and oxygen atoms in total. The van der Waals surface area contributed by atoms with Gasteiger partial charge in [-0.05, 0) is 48.4 Å². The van der Waals surface area contributed by atoms with Crippen molar-refractivity contribution in [3.8, 4) is 0 Å². The minimum atomic E-state index is -0.939. The Kier molecular flexibility index (Phi) is 5.75. The molecule has 0 aromatic heterocycles. The molecule has 0 radical (unpaired) electrons. The monoisotopic (exact) mass is 384 g/mol. The molecule has 0 saturated carbocycles. The third-order valence-electron chi connectivity index (χ3n) is 3.80. The molecule has 1 aliphatic rings. The Morgan fingerprint density at radius 2 is 2.00 bits per heavy atom. The zero-order valence-electron chi connectivity index (χ0n) is 12.8. The lowest BCUT2D eigenvalue weighted by Crippen LogP contribution is -2.30. The van der Waals surface area contributed by atoms with Crippen molar-refractivity contribution in [1.82, 2.24) is 4.90 Å². The van der Waals surface area contributed by atoms with E-state index in [1.807, 2.05) is 13.0 Å². The predicted molar refractivity (Wildman–Crippen MR) is 99.1 cm³/mol. The molecule has 7 heteroatoms. The smallest absolute Gasteiger partial charge is 0.335 e. The molecule has 2 aromatic carbocycles. The average Bonchev–Trinajstić information content (AvgIpc) is 2.50. The van der Waals surface area contributed by atoms with E-state index in [0.29, 0.717) is 23.1 Å². The molecule has 0 saturated heterocycles. The molecular weight excluding hydrogens is 371 g/mol. The molecule has 126 valence electrons. The quantitative estimate of drug-likeness (QED) is 0.792. The Bertz CT molecular complexity index is 821. The van der Waals surface area contributed by atoms with E-state index < -0.39 is 5.97 Å². The highest BCUT2D eigenvalue weighted by molar-refractivity contribution is 6.35. The molecule has 3 rings (SSSR count). The van der Waals surface area contributed by atoms with Gasteiger partial charge in [0, 0.05) is 23.1 Å². The van der Waals surface area contributed by atoms with Crippen LogP contribution in [-0.4, -0.2) is 21.8 Å². The SMILES string of the molecule is CC1=Nc2ccc(C(=O)O)cc2CN1Cc1ccc(Cl)cc1Cl.Cl. The zero-order valence-corrected chi connectivity index (χ0v) is 15.1. The third kappa shape index (κ3) is 3.83. The number of rotatable bonds is 3. The summed E-state index contributed by atoms with van der Waals surface area (Å²) in [5.74, 6) is -0.0713. The maximum atomic E-state index is 11.1. The van der Waals surface area contributed by atoms with Crippen molar-refractivity contribution in [2.45, 2.75) is 20.0 Å². The van der Waals surface area contributed by atoms with Gasteiger partial charge in [0.25, 0.3) is 0 Å². The Hall–Kier alpha value is -1.75. The first-order chi connectivity index (χ1) is 10.9. The van der Waals surface area contributed by atoms with Gasteiger partial charge >= 0.3 is 5.97 Å². The number of hydrogen-bond acceptors (Lipinski definition) is 3. The van der Waals surface area contributed by atoms with E-state index in [1.165, 1.54) is 0 Å². The Morgan fingerprint density at radius 1 is 1.25 bits per heavy atom. The first kappa shape index (κ1) is 18.6. The second-order valence-electron chi connectivity index (χ2n) is 5.40. The molecular formula is C17H15Cl3N2O2. The summed E-state index contributed by atoms with van der Waals surface area (Å²) >= 11 is 12.2. The van der Waals surface area contributed by atoms with E-state index in [9.17, 15) is 4.79 Å². The summed E-state index contributed by atoms with van der Waals surface area (Å²) < 4.78 is 0. The molecule has 0 spiro atoms. The lowest BCUT2D eigenvalue weighted by atomic mass is 10.1. The minimum absolute atomic E-state index is 0. The maximum Gasteiger partial charge on any atom is 0.335 e. The van der Waals surface area contributed by atoms with Gasteiger partial charge in [-0.2, -0.15) is 0 Å². The van der Waals surface area contributed by atoms with Gasteiger partial charge in [-0.25, -0.2) is 9.79 Å². The van der Waals surface area contributed by atoms with Gasteiger partial charge in [0.15, 0.2) is 0 Å². The number of aromatic carboxylic acids is 1. The number of hydrogen-bond donors (Lipinski definition) is 1. The minimum Gasteiger partial charge on any atom is -0.478 e. The first-order valence-corrected chi connectivity index (χ1v) is 7.80. The molecule has 1 N–H and O–H groups in total. The Balaban J connectivity index is 0.00000208. The molecule has 0 atom stereocenters. The van der Waals surface area contributed by atoms with Gasteiger partial charge in [-0.3, -0.25) is 0 Å². The third-order valence-corrected chi connectivity index (χ3v) is 4.39. The summed E-state index contributed by atoms with van der Waals surface area (Å²) in [7, 11) is 0. The van der Waals surface area contributed by atoms with Gasteiger partial charge < -0.3 is 10.0 Å². The van der Waals surface area contributed by atoms with Crippen LogP contribution < -0.4 is 0 Å². The average molecular weight is 386 g/mol. The molecule has 1 aliphatic heterocycles. The van der Waals surface area contributed by atoms with Crippen LogP contribution in [0.25, 0.3) is 0 Å². The van der Waals surface area contributed by atoms with Crippen LogP contribution in [0.1, 0.15) is 28.4 Å². The number of carboxylic acid groups (broad SMARTS) is 1. The lowest BCUT2D eigenvalue weighted by molar-refractivity contribution is 0.0696. The number of carbonyl (C=O) groups is 1. The van der Waals surface area contributed by atoms with Gasteiger partial charge in [-0.1, -0.05) is 29.3 Å². The van der Waals surface area contributed by atoms with E-state index in [2.05, 4.69) is 9.89 Å². The summed E-state index contributed by atoms with van der Waals surface area (Å²) in [6.45, 7) is 3.10. The van der Waals surface area contributed by atoms with Gasteiger partial charge in [0.2, 0.25) is 0 Å². The number of carboxylic acids is 1. The molecule has 0 aliphatic carbocycles. The normalized spacial score (nSPS) is 13.0. The molecule has 1 heterocycles. The van der Waals surface area contributed by atoms with Crippen LogP contribution in [0, 0.1) is 0 Å². The summed E-state index contributed by atoms with van der Waals surface area (Å²) in [6.07, 6.45) is 0. The van der Waals surface area contributed by atoms with Crippen LogP contribution in [0.2, 0.25) is 10.0 Å². The number of benzene rings is 2. The van der Waals surface area contributed by atoms with Crippen molar-refractivity contribution in [3.63, 3.8) is 0 Å². The molecule has 0 bridgehead atoms. The van der Waals surface area contributed by atoms with Crippen molar-refractivity contribution in [1.29, 1.82) is 0 Å².